The Morgan fingerprint density at radius 1 is 0.810 bits per heavy atom. The van der Waals surface area contributed by atoms with E-state index in [4.69, 9.17) is 38.0 Å². The van der Waals surface area contributed by atoms with Crippen LogP contribution in [-0.4, -0.2) is 106 Å². The first-order valence-corrected chi connectivity index (χ1v) is 27.2. The molecule has 58 heavy (non-hydrogen) atoms. The van der Waals surface area contributed by atoms with Crippen molar-refractivity contribution in [1.82, 2.24) is 24.4 Å². The lowest BCUT2D eigenvalue weighted by atomic mass is 9.91. The summed E-state index contributed by atoms with van der Waals surface area (Å²) in [6.45, 7) is 27.8. The number of benzene rings is 2. The number of ether oxygens (including phenoxy) is 3. The first kappa shape index (κ1) is 44.5. The third kappa shape index (κ3) is 10.5. The summed E-state index contributed by atoms with van der Waals surface area (Å²) >= 11 is 0. The largest absolute Gasteiger partial charge is 0.408 e. The van der Waals surface area contributed by atoms with Crippen molar-refractivity contribution in [2.75, 3.05) is 51.8 Å². The van der Waals surface area contributed by atoms with Crippen LogP contribution in [0.2, 0.25) is 36.3 Å². The van der Waals surface area contributed by atoms with Gasteiger partial charge in [0.15, 0.2) is 45.7 Å². The fourth-order valence-electron chi connectivity index (χ4n) is 7.41. The van der Waals surface area contributed by atoms with Crippen molar-refractivity contribution in [3.63, 3.8) is 0 Å². The van der Waals surface area contributed by atoms with E-state index in [2.05, 4.69) is 139 Å². The van der Waals surface area contributed by atoms with Crippen molar-refractivity contribution in [3.05, 3.63) is 83.9 Å². The van der Waals surface area contributed by atoms with Gasteiger partial charge < -0.3 is 33.3 Å². The summed E-state index contributed by atoms with van der Waals surface area (Å²) < 4.78 is 35.9. The van der Waals surface area contributed by atoms with Crippen LogP contribution in [0.1, 0.15) is 89.9 Å². The van der Waals surface area contributed by atoms with Crippen LogP contribution in [0.4, 0.5) is 5.82 Å². The maximum absolute atomic E-state index is 7.39. The van der Waals surface area contributed by atoms with Crippen molar-refractivity contribution in [3.8, 4) is 0 Å². The molecule has 13 heteroatoms. The number of hydrogen-bond donors (Lipinski definition) is 1. The predicted octanol–water partition coefficient (Wildman–Crippen LogP) is 9.40. The Morgan fingerprint density at radius 2 is 1.40 bits per heavy atom. The molecule has 4 atom stereocenters. The summed E-state index contributed by atoms with van der Waals surface area (Å²) in [6.07, 6.45) is 3.95. The maximum atomic E-state index is 7.39. The molecule has 0 aliphatic carbocycles. The summed E-state index contributed by atoms with van der Waals surface area (Å²) in [5.74, 6) is 1.34. The molecule has 318 valence electrons. The summed E-state index contributed by atoms with van der Waals surface area (Å²) in [5.41, 5.74) is 3.78. The third-order valence-corrected chi connectivity index (χ3v) is 21.9. The van der Waals surface area contributed by atoms with E-state index in [1.807, 2.05) is 10.9 Å². The lowest BCUT2D eigenvalue weighted by Crippen LogP contribution is -2.54. The van der Waals surface area contributed by atoms with Crippen LogP contribution in [0.25, 0.3) is 11.2 Å². The van der Waals surface area contributed by atoms with E-state index in [1.54, 1.807) is 7.11 Å². The van der Waals surface area contributed by atoms with Gasteiger partial charge in [-0.2, -0.15) is 0 Å². The number of anilines is 1. The fourth-order valence-corrected chi connectivity index (χ4v) is 10.0. The summed E-state index contributed by atoms with van der Waals surface area (Å²) in [7, 11) is -2.90. The minimum Gasteiger partial charge on any atom is -0.408 e. The Balaban J connectivity index is 1.39. The number of hydrogen-bond acceptors (Lipinski definition) is 10. The number of rotatable bonds is 17. The summed E-state index contributed by atoms with van der Waals surface area (Å²) in [4.78, 5) is 17.8. The van der Waals surface area contributed by atoms with Gasteiger partial charge >= 0.3 is 0 Å². The Morgan fingerprint density at radius 3 is 1.97 bits per heavy atom. The summed E-state index contributed by atoms with van der Waals surface area (Å²) in [5, 5.41) is 3.68. The van der Waals surface area contributed by atoms with Gasteiger partial charge in [-0.15, -0.1) is 0 Å². The zero-order valence-electron chi connectivity index (χ0n) is 37.1. The van der Waals surface area contributed by atoms with Crippen LogP contribution in [0.3, 0.4) is 0 Å². The predicted molar refractivity (Wildman–Crippen MR) is 238 cm³/mol. The second-order valence-electron chi connectivity index (χ2n) is 19.2. The normalized spacial score (nSPS) is 21.3. The number of nitrogens with zero attached hydrogens (tertiary/aromatic N) is 5. The van der Waals surface area contributed by atoms with Gasteiger partial charge in [0.1, 0.15) is 24.9 Å². The molecule has 0 spiro atoms. The van der Waals surface area contributed by atoms with Gasteiger partial charge in [0.25, 0.3) is 0 Å². The lowest BCUT2D eigenvalue weighted by Gasteiger charge is -2.44. The van der Waals surface area contributed by atoms with Crippen LogP contribution >= 0.6 is 0 Å². The zero-order valence-corrected chi connectivity index (χ0v) is 39.1. The van der Waals surface area contributed by atoms with Crippen LogP contribution < -0.4 is 5.32 Å². The molecule has 0 amide bonds. The van der Waals surface area contributed by atoms with Crippen LogP contribution in [0.5, 0.6) is 0 Å². The molecule has 11 nitrogen and oxygen atoms in total. The summed E-state index contributed by atoms with van der Waals surface area (Å²) in [6, 6.07) is 21.2. The number of methoxy groups -OCH3 is 1. The molecule has 4 aromatic rings. The topological polar surface area (TPSA) is 105 Å². The molecule has 2 aliphatic rings. The zero-order chi connectivity index (χ0) is 41.7. The second-order valence-corrected chi connectivity index (χ2v) is 28.7. The van der Waals surface area contributed by atoms with Crippen molar-refractivity contribution >= 4 is 33.6 Å². The van der Waals surface area contributed by atoms with Gasteiger partial charge in [0, 0.05) is 26.1 Å². The smallest absolute Gasteiger partial charge is 0.192 e. The molecule has 6 rings (SSSR count). The Kier molecular flexibility index (Phi) is 14.4. The van der Waals surface area contributed by atoms with Gasteiger partial charge in [-0.3, -0.25) is 4.57 Å². The van der Waals surface area contributed by atoms with Crippen molar-refractivity contribution in [2.24, 2.45) is 0 Å². The average Bonchev–Trinajstić information content (AvgIpc) is 3.74. The number of likely N-dealkylation sites (tertiary alicyclic amines) is 1. The van der Waals surface area contributed by atoms with Crippen LogP contribution in [0, 0.1) is 0 Å². The minimum absolute atomic E-state index is 0.0139. The molecule has 2 saturated heterocycles. The Labute approximate surface area is 349 Å². The SMILES string of the molecule is COCC1OC(n2cnc3c(NCC(c4ccccc4)c4ccccc4)nc(COCCN4CCCCC4)nc32)C(O[Si](C)(C)C(C)(C)C)C1O[Si](C)(C)C(C)(C)C. The van der Waals surface area contributed by atoms with E-state index in [9.17, 15) is 0 Å². The molecule has 0 saturated carbocycles. The first-order chi connectivity index (χ1) is 27.5. The number of nitrogens with one attached hydrogen (secondary N) is 1. The van der Waals surface area contributed by atoms with Crippen molar-refractivity contribution < 1.29 is 23.1 Å². The monoisotopic (exact) mass is 830 g/mol. The minimum atomic E-state index is -2.34. The van der Waals surface area contributed by atoms with E-state index >= 15 is 0 Å². The molecular weight excluding hydrogens is 761 g/mol. The molecule has 0 radical (unpaired) electrons. The van der Waals surface area contributed by atoms with E-state index < -0.39 is 29.0 Å². The standard InChI is InChI=1S/C45H70N6O5Si2/c1-44(2,3)57(8,9)55-39-36(30-52-7)54-43(40(39)56-58(10,11)45(4,5)6)51-32-47-38-41(46-29-35(33-21-15-12-16-22-33)34-23-17-13-18-24-34)48-37(49-42(38)51)31-53-28-27-50-25-19-14-20-26-50/h12-13,15-18,21-24,32,35-36,39-40,43H,14,19-20,25-31H2,1-11H3,(H,46,48,49). The molecule has 2 fully saturated rings. The van der Waals surface area contributed by atoms with Crippen LogP contribution in [-0.2, 0) is 29.7 Å². The quantitative estimate of drug-likeness (QED) is 0.0818. The molecule has 2 aromatic heterocycles. The van der Waals surface area contributed by atoms with Gasteiger partial charge in [-0.05, 0) is 73.3 Å². The molecular formula is C45H70N6O5Si2. The fraction of sp³-hybridized carbons (Fsp3) is 0.622. The Bertz CT molecular complexity index is 1850. The number of imidazole rings is 1. The molecule has 0 bridgehead atoms. The van der Waals surface area contributed by atoms with Gasteiger partial charge in [0.05, 0.1) is 19.5 Å². The highest BCUT2D eigenvalue weighted by atomic mass is 28.4. The van der Waals surface area contributed by atoms with Gasteiger partial charge in [-0.1, -0.05) is 109 Å². The van der Waals surface area contributed by atoms with Gasteiger partial charge in [-0.25, -0.2) is 15.0 Å². The number of fused-ring (bicyclic) bond motifs is 1. The molecule has 1 N–H and O–H groups in total. The average molecular weight is 831 g/mol. The van der Waals surface area contributed by atoms with Crippen molar-refractivity contribution in [2.45, 2.75) is 134 Å². The van der Waals surface area contributed by atoms with E-state index in [1.165, 1.54) is 30.4 Å². The maximum Gasteiger partial charge on any atom is 0.192 e. The van der Waals surface area contributed by atoms with Gasteiger partial charge in [0.2, 0.25) is 0 Å². The second kappa shape index (κ2) is 18.7. The number of piperidine rings is 1. The Hall–Kier alpha value is -3.02. The third-order valence-electron chi connectivity index (χ3n) is 12.9. The van der Waals surface area contributed by atoms with E-state index in [0.717, 1.165) is 19.6 Å². The molecule has 2 aromatic carbocycles. The van der Waals surface area contributed by atoms with E-state index in [0.29, 0.717) is 42.6 Å². The van der Waals surface area contributed by atoms with E-state index in [-0.39, 0.29) is 34.8 Å². The highest BCUT2D eigenvalue weighted by Crippen LogP contribution is 2.46. The number of aromatic nitrogens is 4. The molecule has 2 aliphatic heterocycles. The first-order valence-electron chi connectivity index (χ1n) is 21.4. The van der Waals surface area contributed by atoms with Crippen molar-refractivity contribution in [1.29, 1.82) is 0 Å². The molecule has 4 unspecified atom stereocenters. The highest BCUT2D eigenvalue weighted by molar-refractivity contribution is 6.74. The molecule has 4 heterocycles. The highest BCUT2D eigenvalue weighted by Gasteiger charge is 2.54. The lowest BCUT2D eigenvalue weighted by molar-refractivity contribution is -0.0562. The van der Waals surface area contributed by atoms with Crippen LogP contribution in [0.15, 0.2) is 67.0 Å².